The Morgan fingerprint density at radius 1 is 1.19 bits per heavy atom. The predicted molar refractivity (Wildman–Crippen MR) is 137 cm³/mol. The second-order valence-electron chi connectivity index (χ2n) is 10.4. The summed E-state index contributed by atoms with van der Waals surface area (Å²) in [6, 6.07) is 5.85. The highest BCUT2D eigenvalue weighted by Crippen LogP contribution is 2.45. The van der Waals surface area contributed by atoms with Crippen LogP contribution in [0.15, 0.2) is 36.5 Å². The highest BCUT2D eigenvalue weighted by Gasteiger charge is 2.44. The molecule has 2 aliphatic rings. The Labute approximate surface area is 214 Å². The molecule has 0 radical (unpaired) electrons. The lowest BCUT2D eigenvalue weighted by Crippen LogP contribution is -2.58. The molecule has 1 aromatic carbocycles. The number of anilines is 1. The van der Waals surface area contributed by atoms with E-state index < -0.39 is 17.8 Å². The number of aryl methyl sites for hydroxylation is 1. The zero-order valence-corrected chi connectivity index (χ0v) is 21.4. The smallest absolute Gasteiger partial charge is 0.363 e. The Hall–Kier alpha value is -3.49. The van der Waals surface area contributed by atoms with Crippen molar-refractivity contribution in [3.8, 4) is 0 Å². The number of aromatic nitrogens is 3. The van der Waals surface area contributed by atoms with Crippen LogP contribution in [-0.4, -0.2) is 38.8 Å². The van der Waals surface area contributed by atoms with E-state index in [4.69, 9.17) is 0 Å². The third kappa shape index (κ3) is 4.79. The first-order chi connectivity index (χ1) is 17.5. The van der Waals surface area contributed by atoms with E-state index in [9.17, 15) is 18.0 Å². The summed E-state index contributed by atoms with van der Waals surface area (Å²) in [5, 5.41) is 4.05. The summed E-state index contributed by atoms with van der Waals surface area (Å²) in [5.74, 6) is 1.20. The lowest BCUT2D eigenvalue weighted by atomic mass is 9.69. The SMILES string of the molecule is CC(=O)N1CC2(CC=C(c3cnc4nc(C)nc(N[C@H](C)c5cccc(C(F)(F)F)c5C)c4c3)CC2)C1. The van der Waals surface area contributed by atoms with Gasteiger partial charge in [-0.1, -0.05) is 18.2 Å². The molecule has 1 aliphatic carbocycles. The molecule has 37 heavy (non-hydrogen) atoms. The molecule has 1 amide bonds. The number of likely N-dealkylation sites (tertiary alicyclic amines) is 1. The topological polar surface area (TPSA) is 71.0 Å². The van der Waals surface area contributed by atoms with Crippen molar-refractivity contribution in [2.45, 2.75) is 59.2 Å². The van der Waals surface area contributed by atoms with E-state index in [1.54, 1.807) is 19.9 Å². The average molecular weight is 510 g/mol. The van der Waals surface area contributed by atoms with Crippen LogP contribution in [0.3, 0.4) is 0 Å². The maximum absolute atomic E-state index is 13.5. The van der Waals surface area contributed by atoms with Gasteiger partial charge in [0.15, 0.2) is 5.65 Å². The fourth-order valence-corrected chi connectivity index (χ4v) is 5.60. The van der Waals surface area contributed by atoms with Crippen LogP contribution < -0.4 is 5.32 Å². The minimum absolute atomic E-state index is 0.129. The Bertz CT molecular complexity index is 1410. The van der Waals surface area contributed by atoms with Gasteiger partial charge in [0.25, 0.3) is 0 Å². The van der Waals surface area contributed by atoms with Crippen molar-refractivity contribution < 1.29 is 18.0 Å². The van der Waals surface area contributed by atoms with Gasteiger partial charge in [0, 0.05) is 31.6 Å². The van der Waals surface area contributed by atoms with Crippen LogP contribution in [0.4, 0.5) is 19.0 Å². The highest BCUT2D eigenvalue weighted by atomic mass is 19.4. The number of benzene rings is 1. The van der Waals surface area contributed by atoms with Crippen molar-refractivity contribution in [1.82, 2.24) is 19.9 Å². The van der Waals surface area contributed by atoms with Gasteiger partial charge in [-0.3, -0.25) is 4.79 Å². The van der Waals surface area contributed by atoms with Crippen molar-refractivity contribution in [3.05, 3.63) is 64.6 Å². The number of fused-ring (bicyclic) bond motifs is 1. The molecule has 0 unspecified atom stereocenters. The van der Waals surface area contributed by atoms with Gasteiger partial charge in [-0.15, -0.1) is 0 Å². The minimum atomic E-state index is -4.41. The lowest BCUT2D eigenvalue weighted by molar-refractivity contribution is -0.141. The number of carbonyl (C=O) groups is 1. The van der Waals surface area contributed by atoms with Crippen LogP contribution in [0.1, 0.15) is 67.2 Å². The molecule has 3 heterocycles. The molecule has 1 atom stereocenters. The van der Waals surface area contributed by atoms with Gasteiger partial charge in [-0.05, 0) is 74.4 Å². The monoisotopic (exact) mass is 509 g/mol. The van der Waals surface area contributed by atoms with E-state index in [1.807, 2.05) is 24.1 Å². The number of amides is 1. The van der Waals surface area contributed by atoms with Gasteiger partial charge in [-0.25, -0.2) is 15.0 Å². The Morgan fingerprint density at radius 2 is 1.95 bits per heavy atom. The summed E-state index contributed by atoms with van der Waals surface area (Å²) in [4.78, 5) is 27.1. The molecule has 1 saturated heterocycles. The van der Waals surface area contributed by atoms with Gasteiger partial charge in [0.1, 0.15) is 11.6 Å². The van der Waals surface area contributed by atoms with E-state index in [-0.39, 0.29) is 16.9 Å². The number of allylic oxidation sites excluding steroid dienone is 2. The number of hydrogen-bond acceptors (Lipinski definition) is 5. The number of nitrogens with zero attached hydrogens (tertiary/aromatic N) is 4. The van der Waals surface area contributed by atoms with Crippen LogP contribution >= 0.6 is 0 Å². The van der Waals surface area contributed by atoms with E-state index in [0.717, 1.165) is 49.4 Å². The Kier molecular flexibility index (Phi) is 6.20. The number of carbonyl (C=O) groups excluding carboxylic acids is 1. The van der Waals surface area contributed by atoms with Crippen molar-refractivity contribution in [1.29, 1.82) is 0 Å². The second kappa shape index (κ2) is 9.11. The van der Waals surface area contributed by atoms with Crippen molar-refractivity contribution >= 4 is 28.3 Å². The molecule has 5 rings (SSSR count). The molecule has 9 heteroatoms. The molecule has 3 aromatic rings. The summed E-state index contributed by atoms with van der Waals surface area (Å²) in [7, 11) is 0. The van der Waals surface area contributed by atoms with Crippen molar-refractivity contribution in [2.75, 3.05) is 18.4 Å². The fraction of sp³-hybridized carbons (Fsp3) is 0.429. The molecule has 0 saturated carbocycles. The summed E-state index contributed by atoms with van der Waals surface area (Å²) < 4.78 is 40.4. The maximum Gasteiger partial charge on any atom is 0.416 e. The number of alkyl halides is 3. The number of nitrogens with one attached hydrogen (secondary N) is 1. The van der Waals surface area contributed by atoms with Gasteiger partial charge in [0.2, 0.25) is 5.91 Å². The van der Waals surface area contributed by atoms with E-state index in [0.29, 0.717) is 22.9 Å². The van der Waals surface area contributed by atoms with Crippen LogP contribution in [0.2, 0.25) is 0 Å². The molecule has 1 fully saturated rings. The molecule has 0 bridgehead atoms. The molecular weight excluding hydrogens is 479 g/mol. The summed E-state index contributed by atoms with van der Waals surface area (Å²) in [6.07, 6.45) is 2.50. The average Bonchev–Trinajstić information content (AvgIpc) is 2.81. The van der Waals surface area contributed by atoms with Crippen LogP contribution in [0.5, 0.6) is 0 Å². The third-order valence-corrected chi connectivity index (χ3v) is 7.74. The predicted octanol–water partition coefficient (Wildman–Crippen LogP) is 6.25. The molecule has 2 aromatic heterocycles. The van der Waals surface area contributed by atoms with Crippen molar-refractivity contribution in [2.24, 2.45) is 5.41 Å². The minimum Gasteiger partial charge on any atom is -0.363 e. The molecule has 1 spiro atoms. The normalized spacial score (nSPS) is 17.9. The van der Waals surface area contributed by atoms with Crippen molar-refractivity contribution in [3.63, 3.8) is 0 Å². The molecule has 194 valence electrons. The number of hydrogen-bond donors (Lipinski definition) is 1. The summed E-state index contributed by atoms with van der Waals surface area (Å²) in [6.45, 7) is 8.34. The van der Waals surface area contributed by atoms with Gasteiger partial charge < -0.3 is 10.2 Å². The fourth-order valence-electron chi connectivity index (χ4n) is 5.60. The first-order valence-electron chi connectivity index (χ1n) is 12.5. The molecule has 1 aliphatic heterocycles. The second-order valence-corrected chi connectivity index (χ2v) is 10.4. The largest absolute Gasteiger partial charge is 0.416 e. The van der Waals surface area contributed by atoms with Gasteiger partial charge in [0.05, 0.1) is 17.0 Å². The maximum atomic E-state index is 13.5. The summed E-state index contributed by atoms with van der Waals surface area (Å²) >= 11 is 0. The number of pyridine rings is 1. The van der Waals surface area contributed by atoms with E-state index in [1.165, 1.54) is 18.6 Å². The molecule has 6 nitrogen and oxygen atoms in total. The third-order valence-electron chi connectivity index (χ3n) is 7.74. The number of rotatable bonds is 4. The first-order valence-corrected chi connectivity index (χ1v) is 12.5. The van der Waals surface area contributed by atoms with Crippen LogP contribution in [0, 0.1) is 19.3 Å². The Morgan fingerprint density at radius 3 is 2.59 bits per heavy atom. The molecular formula is C28H30F3N5O. The zero-order valence-electron chi connectivity index (χ0n) is 21.4. The quantitative estimate of drug-likeness (QED) is 0.450. The van der Waals surface area contributed by atoms with E-state index >= 15 is 0 Å². The first kappa shape index (κ1) is 25.2. The number of halogens is 3. The summed E-state index contributed by atoms with van der Waals surface area (Å²) in [5.41, 5.74) is 3.04. The Balaban J connectivity index is 1.43. The van der Waals surface area contributed by atoms with Crippen LogP contribution in [-0.2, 0) is 11.0 Å². The molecule has 1 N–H and O–H groups in total. The van der Waals surface area contributed by atoms with Gasteiger partial charge in [-0.2, -0.15) is 13.2 Å². The highest BCUT2D eigenvalue weighted by molar-refractivity contribution is 5.89. The standard InChI is InChI=1S/C28H30F3N5O/c1-16-22(6-5-7-24(16)28(29,30)31)17(2)33-26-23-12-21(13-32-25(23)34-18(3)35-26)20-8-10-27(11-9-20)14-36(15-27)19(4)37/h5-8,12-13,17H,9-11,14-15H2,1-4H3,(H,32,33,34,35)/t17-/m1/s1. The van der Waals surface area contributed by atoms with Crippen LogP contribution in [0.25, 0.3) is 16.6 Å². The zero-order chi connectivity index (χ0) is 26.5. The van der Waals surface area contributed by atoms with E-state index in [2.05, 4.69) is 26.3 Å². The van der Waals surface area contributed by atoms with Gasteiger partial charge >= 0.3 is 6.18 Å². The lowest BCUT2D eigenvalue weighted by Gasteiger charge is -2.51.